The van der Waals surface area contributed by atoms with Crippen LogP contribution in [0.15, 0.2) is 89.8 Å². The van der Waals surface area contributed by atoms with Gasteiger partial charge in [-0.05, 0) is 35.7 Å². The second kappa shape index (κ2) is 10.8. The van der Waals surface area contributed by atoms with Crippen molar-refractivity contribution in [2.75, 3.05) is 19.6 Å². The SMILES string of the molecule is CCC(Sc1cccc(C(=O)O)c1)N1CCNCC1C(c1ccccc1)c1ccccc1. The van der Waals surface area contributed by atoms with Gasteiger partial charge in [-0.25, -0.2) is 4.79 Å². The normalized spacial score (nSPS) is 17.9. The molecule has 32 heavy (non-hydrogen) atoms. The topological polar surface area (TPSA) is 52.6 Å². The maximum atomic E-state index is 11.4. The Kier molecular flexibility index (Phi) is 7.63. The number of carboxylic acids is 1. The van der Waals surface area contributed by atoms with E-state index in [2.05, 4.69) is 77.8 Å². The lowest BCUT2D eigenvalue weighted by Gasteiger charge is -2.45. The van der Waals surface area contributed by atoms with E-state index >= 15 is 0 Å². The lowest BCUT2D eigenvalue weighted by Crippen LogP contribution is -2.56. The Labute approximate surface area is 194 Å². The standard InChI is InChI=1S/C27H30N2O2S/c1-2-25(32-23-15-9-14-22(18-23)27(30)31)29-17-16-28-19-24(29)26(20-10-5-3-6-11-20)21-12-7-4-8-13-21/h3-15,18,24-26,28H,2,16-17,19H2,1H3,(H,30,31). The minimum Gasteiger partial charge on any atom is -0.478 e. The summed E-state index contributed by atoms with van der Waals surface area (Å²) in [6.07, 6.45) is 0.981. The lowest BCUT2D eigenvalue weighted by molar-refractivity contribution is 0.0696. The van der Waals surface area contributed by atoms with Crippen molar-refractivity contribution in [2.24, 2.45) is 0 Å². The van der Waals surface area contributed by atoms with Crippen LogP contribution in [0.25, 0.3) is 0 Å². The van der Waals surface area contributed by atoms with Gasteiger partial charge in [0.25, 0.3) is 0 Å². The first-order valence-electron chi connectivity index (χ1n) is 11.2. The fraction of sp³-hybridized carbons (Fsp3) is 0.296. The van der Waals surface area contributed by atoms with Crippen LogP contribution in [0.1, 0.15) is 40.7 Å². The van der Waals surface area contributed by atoms with Crippen molar-refractivity contribution in [1.82, 2.24) is 10.2 Å². The number of nitrogens with one attached hydrogen (secondary N) is 1. The van der Waals surface area contributed by atoms with Crippen molar-refractivity contribution in [1.29, 1.82) is 0 Å². The van der Waals surface area contributed by atoms with Gasteiger partial charge in [0.1, 0.15) is 0 Å². The van der Waals surface area contributed by atoms with E-state index in [1.54, 1.807) is 23.9 Å². The minimum absolute atomic E-state index is 0.255. The van der Waals surface area contributed by atoms with E-state index in [9.17, 15) is 9.90 Å². The maximum absolute atomic E-state index is 11.4. The molecule has 4 rings (SSSR count). The van der Waals surface area contributed by atoms with E-state index in [-0.39, 0.29) is 11.3 Å². The molecule has 0 amide bonds. The molecule has 2 atom stereocenters. The Bertz CT molecular complexity index is 973. The van der Waals surface area contributed by atoms with Crippen molar-refractivity contribution in [2.45, 2.75) is 35.6 Å². The van der Waals surface area contributed by atoms with Gasteiger partial charge in [-0.1, -0.05) is 73.7 Å². The van der Waals surface area contributed by atoms with Gasteiger partial charge < -0.3 is 10.4 Å². The van der Waals surface area contributed by atoms with Gasteiger partial charge in [-0.15, -0.1) is 11.8 Å². The summed E-state index contributed by atoms with van der Waals surface area (Å²) < 4.78 is 0. The minimum atomic E-state index is -0.881. The van der Waals surface area contributed by atoms with Gasteiger partial charge in [0.15, 0.2) is 0 Å². The summed E-state index contributed by atoms with van der Waals surface area (Å²) in [6.45, 7) is 5.06. The molecule has 3 aromatic carbocycles. The van der Waals surface area contributed by atoms with Crippen LogP contribution in [0.3, 0.4) is 0 Å². The van der Waals surface area contributed by atoms with E-state index in [0.717, 1.165) is 31.0 Å². The molecule has 3 aromatic rings. The Morgan fingerprint density at radius 2 is 1.69 bits per heavy atom. The molecular formula is C27H30N2O2S. The van der Waals surface area contributed by atoms with E-state index in [1.807, 2.05) is 12.1 Å². The lowest BCUT2D eigenvalue weighted by atomic mass is 9.83. The van der Waals surface area contributed by atoms with E-state index in [4.69, 9.17) is 0 Å². The molecule has 1 heterocycles. The van der Waals surface area contributed by atoms with E-state index in [1.165, 1.54) is 11.1 Å². The third-order valence-electron chi connectivity index (χ3n) is 6.10. The first kappa shape index (κ1) is 22.6. The molecule has 166 valence electrons. The summed E-state index contributed by atoms with van der Waals surface area (Å²) in [7, 11) is 0. The van der Waals surface area contributed by atoms with Gasteiger partial charge in [-0.3, -0.25) is 4.90 Å². The Morgan fingerprint density at radius 3 is 2.28 bits per heavy atom. The zero-order valence-corrected chi connectivity index (χ0v) is 19.2. The molecule has 0 radical (unpaired) electrons. The predicted octanol–water partition coefficient (Wildman–Crippen LogP) is 5.32. The van der Waals surface area contributed by atoms with Crippen molar-refractivity contribution >= 4 is 17.7 Å². The fourth-order valence-corrected chi connectivity index (χ4v) is 5.84. The highest BCUT2D eigenvalue weighted by atomic mass is 32.2. The van der Waals surface area contributed by atoms with Crippen LogP contribution in [0, 0.1) is 0 Å². The Hall–Kier alpha value is -2.60. The van der Waals surface area contributed by atoms with Gasteiger partial charge in [0.05, 0.1) is 10.9 Å². The van der Waals surface area contributed by atoms with Gasteiger partial charge in [-0.2, -0.15) is 0 Å². The van der Waals surface area contributed by atoms with E-state index < -0.39 is 5.97 Å². The second-order valence-electron chi connectivity index (χ2n) is 8.12. The largest absolute Gasteiger partial charge is 0.478 e. The molecule has 0 bridgehead atoms. The summed E-state index contributed by atoms with van der Waals surface area (Å²) in [5, 5.41) is 13.3. The summed E-state index contributed by atoms with van der Waals surface area (Å²) in [5.41, 5.74) is 2.99. The smallest absolute Gasteiger partial charge is 0.335 e. The van der Waals surface area contributed by atoms with Crippen LogP contribution in [0.5, 0.6) is 0 Å². The number of nitrogens with zero attached hydrogens (tertiary/aromatic N) is 1. The molecule has 1 aliphatic rings. The van der Waals surface area contributed by atoms with E-state index in [0.29, 0.717) is 11.6 Å². The van der Waals surface area contributed by atoms with Gasteiger partial charge in [0, 0.05) is 36.5 Å². The molecule has 0 aliphatic carbocycles. The molecule has 5 heteroatoms. The van der Waals surface area contributed by atoms with Crippen molar-refractivity contribution in [3.8, 4) is 0 Å². The van der Waals surface area contributed by atoms with Crippen molar-refractivity contribution in [3.05, 3.63) is 102 Å². The molecule has 1 fully saturated rings. The predicted molar refractivity (Wildman–Crippen MR) is 131 cm³/mol. The Morgan fingerprint density at radius 1 is 1.03 bits per heavy atom. The quantitative estimate of drug-likeness (QED) is 0.459. The number of benzene rings is 3. The number of aromatic carboxylic acids is 1. The molecule has 4 nitrogen and oxygen atoms in total. The van der Waals surface area contributed by atoms with Crippen LogP contribution in [-0.4, -0.2) is 47.0 Å². The van der Waals surface area contributed by atoms with Crippen LogP contribution in [0.2, 0.25) is 0 Å². The number of hydrogen-bond donors (Lipinski definition) is 2. The highest BCUT2D eigenvalue weighted by Gasteiger charge is 2.35. The molecule has 1 aliphatic heterocycles. The van der Waals surface area contributed by atoms with Crippen LogP contribution in [0.4, 0.5) is 0 Å². The average Bonchev–Trinajstić information content (AvgIpc) is 2.85. The second-order valence-corrected chi connectivity index (χ2v) is 9.37. The maximum Gasteiger partial charge on any atom is 0.335 e. The van der Waals surface area contributed by atoms with Crippen molar-refractivity contribution < 1.29 is 9.90 Å². The van der Waals surface area contributed by atoms with Gasteiger partial charge in [0.2, 0.25) is 0 Å². The zero-order valence-electron chi connectivity index (χ0n) is 18.4. The van der Waals surface area contributed by atoms with Crippen LogP contribution >= 0.6 is 11.8 Å². The number of carbonyl (C=O) groups is 1. The highest BCUT2D eigenvalue weighted by molar-refractivity contribution is 7.99. The molecule has 2 unspecified atom stereocenters. The molecular weight excluding hydrogens is 416 g/mol. The molecule has 1 saturated heterocycles. The number of carboxylic acid groups (broad SMARTS) is 1. The summed E-state index contributed by atoms with van der Waals surface area (Å²) in [4.78, 5) is 15.1. The molecule has 2 N–H and O–H groups in total. The number of thioether (sulfide) groups is 1. The third kappa shape index (κ3) is 5.23. The average molecular weight is 447 g/mol. The zero-order chi connectivity index (χ0) is 22.3. The van der Waals surface area contributed by atoms with Crippen LogP contribution in [-0.2, 0) is 0 Å². The first-order valence-corrected chi connectivity index (χ1v) is 12.1. The third-order valence-corrected chi connectivity index (χ3v) is 7.50. The van der Waals surface area contributed by atoms with Crippen molar-refractivity contribution in [3.63, 3.8) is 0 Å². The Balaban J connectivity index is 1.66. The number of piperazine rings is 1. The summed E-state index contributed by atoms with van der Waals surface area (Å²) >= 11 is 1.77. The number of rotatable bonds is 8. The molecule has 0 saturated carbocycles. The first-order chi connectivity index (χ1) is 15.7. The van der Waals surface area contributed by atoms with Crippen LogP contribution < -0.4 is 5.32 Å². The molecule has 0 spiro atoms. The van der Waals surface area contributed by atoms with Gasteiger partial charge >= 0.3 is 5.97 Å². The molecule has 0 aromatic heterocycles. The summed E-state index contributed by atoms with van der Waals surface area (Å²) in [6, 6.07) is 29.1. The number of hydrogen-bond acceptors (Lipinski definition) is 4. The monoisotopic (exact) mass is 446 g/mol. The fourth-order valence-electron chi connectivity index (χ4n) is 4.61. The highest BCUT2D eigenvalue weighted by Crippen LogP contribution is 2.37. The summed E-state index contributed by atoms with van der Waals surface area (Å²) in [5.74, 6) is -0.626.